The van der Waals surface area contributed by atoms with E-state index < -0.39 is 0 Å². The third-order valence-electron chi connectivity index (χ3n) is 3.46. The van der Waals surface area contributed by atoms with Gasteiger partial charge in [-0.15, -0.1) is 0 Å². The lowest BCUT2D eigenvalue weighted by Gasteiger charge is -2.34. The van der Waals surface area contributed by atoms with E-state index in [1.54, 1.807) is 0 Å². The Kier molecular flexibility index (Phi) is 3.79. The van der Waals surface area contributed by atoms with Crippen LogP contribution in [0.2, 0.25) is 0 Å². The lowest BCUT2D eigenvalue weighted by Crippen LogP contribution is -2.44. The number of hydrogen-bond acceptors (Lipinski definition) is 3. The van der Waals surface area contributed by atoms with E-state index in [0.717, 1.165) is 25.7 Å². The summed E-state index contributed by atoms with van der Waals surface area (Å²) in [4.78, 5) is 2.46. The molecule has 2 rings (SSSR count). The van der Waals surface area contributed by atoms with Crippen molar-refractivity contribution in [2.45, 2.75) is 25.3 Å². The Balaban J connectivity index is 1.85. The van der Waals surface area contributed by atoms with Crippen LogP contribution in [-0.2, 0) is 4.74 Å². The Hall–Kier alpha value is -0.120. The summed E-state index contributed by atoms with van der Waals surface area (Å²) < 4.78 is 5.47. The molecule has 82 valence electrons. The van der Waals surface area contributed by atoms with Crippen molar-refractivity contribution in [2.24, 2.45) is 5.92 Å². The maximum Gasteiger partial charge on any atom is 0.0591 e. The second kappa shape index (κ2) is 5.10. The van der Waals surface area contributed by atoms with Crippen molar-refractivity contribution in [2.75, 3.05) is 39.9 Å². The summed E-state index contributed by atoms with van der Waals surface area (Å²) in [5.41, 5.74) is 0. The van der Waals surface area contributed by atoms with E-state index in [1.807, 2.05) is 0 Å². The van der Waals surface area contributed by atoms with Crippen molar-refractivity contribution in [1.29, 1.82) is 0 Å². The van der Waals surface area contributed by atoms with E-state index in [4.69, 9.17) is 4.74 Å². The molecule has 2 atom stereocenters. The van der Waals surface area contributed by atoms with Gasteiger partial charge in [-0.2, -0.15) is 0 Å². The molecular weight excluding hydrogens is 176 g/mol. The Morgan fingerprint density at radius 3 is 3.07 bits per heavy atom. The van der Waals surface area contributed by atoms with E-state index >= 15 is 0 Å². The smallest absolute Gasteiger partial charge is 0.0591 e. The van der Waals surface area contributed by atoms with Crippen molar-refractivity contribution in [3.05, 3.63) is 0 Å². The zero-order valence-corrected chi connectivity index (χ0v) is 9.17. The normalized spacial score (nSPS) is 36.6. The van der Waals surface area contributed by atoms with Crippen LogP contribution in [0.4, 0.5) is 0 Å². The van der Waals surface area contributed by atoms with Crippen LogP contribution in [0.1, 0.15) is 19.3 Å². The number of rotatable bonds is 1. The number of nitrogens with zero attached hydrogens (tertiary/aromatic N) is 1. The molecule has 2 unspecified atom stereocenters. The van der Waals surface area contributed by atoms with Crippen molar-refractivity contribution in [1.82, 2.24) is 10.2 Å². The first-order chi connectivity index (χ1) is 6.86. The van der Waals surface area contributed by atoms with Gasteiger partial charge >= 0.3 is 0 Å². The van der Waals surface area contributed by atoms with Crippen LogP contribution in [0.25, 0.3) is 0 Å². The number of ether oxygens (including phenoxy) is 1. The minimum Gasteiger partial charge on any atom is -0.380 e. The van der Waals surface area contributed by atoms with Gasteiger partial charge < -0.3 is 15.0 Å². The van der Waals surface area contributed by atoms with E-state index in [-0.39, 0.29) is 0 Å². The Morgan fingerprint density at radius 2 is 2.21 bits per heavy atom. The van der Waals surface area contributed by atoms with Crippen LogP contribution >= 0.6 is 0 Å². The lowest BCUT2D eigenvalue weighted by molar-refractivity contribution is 0.139. The lowest BCUT2D eigenvalue weighted by atomic mass is 9.89. The van der Waals surface area contributed by atoms with Crippen molar-refractivity contribution >= 4 is 0 Å². The predicted octanol–water partition coefficient (Wildman–Crippen LogP) is 0.707. The van der Waals surface area contributed by atoms with Gasteiger partial charge in [-0.3, -0.25) is 0 Å². The zero-order valence-electron chi connectivity index (χ0n) is 9.17. The largest absolute Gasteiger partial charge is 0.380 e. The Morgan fingerprint density at radius 1 is 1.29 bits per heavy atom. The molecule has 0 aliphatic carbocycles. The molecule has 2 heterocycles. The average Bonchev–Trinajstić information content (AvgIpc) is 2.45. The highest BCUT2D eigenvalue weighted by atomic mass is 16.5. The fourth-order valence-electron chi connectivity index (χ4n) is 2.67. The van der Waals surface area contributed by atoms with E-state index in [2.05, 4.69) is 17.3 Å². The van der Waals surface area contributed by atoms with Crippen LogP contribution in [0.5, 0.6) is 0 Å². The third kappa shape index (κ3) is 2.69. The molecule has 0 amide bonds. The molecule has 0 bridgehead atoms. The monoisotopic (exact) mass is 198 g/mol. The van der Waals surface area contributed by atoms with Gasteiger partial charge in [0.15, 0.2) is 0 Å². The van der Waals surface area contributed by atoms with Gasteiger partial charge in [0, 0.05) is 25.7 Å². The molecule has 2 fully saturated rings. The summed E-state index contributed by atoms with van der Waals surface area (Å²) in [6.45, 7) is 5.40. The van der Waals surface area contributed by atoms with Gasteiger partial charge in [0.25, 0.3) is 0 Å². The highest BCUT2D eigenvalue weighted by molar-refractivity contribution is 4.82. The molecule has 2 aliphatic rings. The minimum atomic E-state index is 0.695. The van der Waals surface area contributed by atoms with Gasteiger partial charge in [0.05, 0.1) is 6.61 Å². The molecule has 14 heavy (non-hydrogen) atoms. The molecule has 0 aromatic carbocycles. The fourth-order valence-corrected chi connectivity index (χ4v) is 2.67. The maximum absolute atomic E-state index is 5.47. The van der Waals surface area contributed by atoms with Crippen LogP contribution in [-0.4, -0.2) is 50.8 Å². The Bertz CT molecular complexity index is 167. The molecule has 0 aromatic rings. The van der Waals surface area contributed by atoms with Crippen molar-refractivity contribution in [3.63, 3.8) is 0 Å². The molecule has 0 radical (unpaired) electrons. The highest BCUT2D eigenvalue weighted by Gasteiger charge is 2.26. The fraction of sp³-hybridized carbons (Fsp3) is 1.00. The third-order valence-corrected chi connectivity index (χ3v) is 3.46. The van der Waals surface area contributed by atoms with Crippen LogP contribution in [0.3, 0.4) is 0 Å². The van der Waals surface area contributed by atoms with E-state index in [1.165, 1.54) is 32.4 Å². The summed E-state index contributed by atoms with van der Waals surface area (Å²) in [5.74, 6) is 0.843. The molecular formula is C11H22N2O. The van der Waals surface area contributed by atoms with Gasteiger partial charge in [0.1, 0.15) is 0 Å². The zero-order chi connectivity index (χ0) is 9.80. The second-order valence-corrected chi connectivity index (χ2v) is 4.63. The van der Waals surface area contributed by atoms with E-state index in [9.17, 15) is 0 Å². The van der Waals surface area contributed by atoms with Crippen molar-refractivity contribution < 1.29 is 4.74 Å². The van der Waals surface area contributed by atoms with Gasteiger partial charge in [-0.05, 0) is 38.8 Å². The first kappa shape index (κ1) is 10.4. The van der Waals surface area contributed by atoms with Crippen LogP contribution in [0.15, 0.2) is 0 Å². The minimum absolute atomic E-state index is 0.695. The molecule has 0 aromatic heterocycles. The molecule has 0 spiro atoms. The first-order valence-corrected chi connectivity index (χ1v) is 5.86. The van der Waals surface area contributed by atoms with Crippen LogP contribution < -0.4 is 5.32 Å². The van der Waals surface area contributed by atoms with Crippen LogP contribution in [0, 0.1) is 5.92 Å². The SMILES string of the molecule is CN1CCCC(C2CCOCCN2)C1. The Labute approximate surface area is 86.8 Å². The summed E-state index contributed by atoms with van der Waals surface area (Å²) in [5, 5.41) is 3.62. The quantitative estimate of drug-likeness (QED) is 0.671. The molecule has 3 heteroatoms. The number of likely N-dealkylation sites (tertiary alicyclic amines) is 1. The standard InChI is InChI=1S/C11H22N2O/c1-13-6-2-3-10(9-13)11-4-7-14-8-5-12-11/h10-12H,2-9H2,1H3. The molecule has 3 nitrogen and oxygen atoms in total. The second-order valence-electron chi connectivity index (χ2n) is 4.63. The summed E-state index contributed by atoms with van der Waals surface area (Å²) in [6, 6.07) is 0.695. The van der Waals surface area contributed by atoms with Gasteiger partial charge in [-0.25, -0.2) is 0 Å². The van der Waals surface area contributed by atoms with Crippen molar-refractivity contribution in [3.8, 4) is 0 Å². The first-order valence-electron chi connectivity index (χ1n) is 5.86. The predicted molar refractivity (Wildman–Crippen MR) is 57.4 cm³/mol. The molecule has 1 N–H and O–H groups in total. The summed E-state index contributed by atoms with van der Waals surface area (Å²) >= 11 is 0. The van der Waals surface area contributed by atoms with Gasteiger partial charge in [0.2, 0.25) is 0 Å². The average molecular weight is 198 g/mol. The summed E-state index contributed by atoms with van der Waals surface area (Å²) in [6.07, 6.45) is 3.95. The maximum atomic E-state index is 5.47. The molecule has 2 aliphatic heterocycles. The summed E-state index contributed by atoms with van der Waals surface area (Å²) in [7, 11) is 2.24. The van der Waals surface area contributed by atoms with E-state index in [0.29, 0.717) is 6.04 Å². The number of nitrogens with one attached hydrogen (secondary N) is 1. The number of hydrogen-bond donors (Lipinski definition) is 1. The topological polar surface area (TPSA) is 24.5 Å². The number of piperidine rings is 1. The molecule has 0 saturated carbocycles. The van der Waals surface area contributed by atoms with Gasteiger partial charge in [-0.1, -0.05) is 0 Å². The highest BCUT2D eigenvalue weighted by Crippen LogP contribution is 2.21. The molecule has 2 saturated heterocycles.